The van der Waals surface area contributed by atoms with E-state index in [0.29, 0.717) is 26.4 Å². The number of ether oxygens (including phenoxy) is 2. The summed E-state index contributed by atoms with van der Waals surface area (Å²) in [6, 6.07) is 7.88. The Hall–Kier alpha value is -1.82. The summed E-state index contributed by atoms with van der Waals surface area (Å²) in [5, 5.41) is 16.9. The second-order valence-corrected chi connectivity index (χ2v) is 3.83. The van der Waals surface area contributed by atoms with Crippen LogP contribution in [0.1, 0.15) is 11.1 Å². The lowest BCUT2D eigenvalue weighted by molar-refractivity contribution is 0.151. The first kappa shape index (κ1) is 16.2. The van der Waals surface area contributed by atoms with Gasteiger partial charge in [0.15, 0.2) is 0 Å². The van der Waals surface area contributed by atoms with E-state index in [2.05, 4.69) is 23.7 Å². The van der Waals surface area contributed by atoms with Crippen LogP contribution in [0.5, 0.6) is 0 Å². The van der Waals surface area contributed by atoms with E-state index in [9.17, 15) is 0 Å². The molecule has 0 heterocycles. The fraction of sp³-hybridized carbons (Fsp3) is 0.375. The molecule has 0 unspecified atom stereocenters. The zero-order valence-corrected chi connectivity index (χ0v) is 11.3. The van der Waals surface area contributed by atoms with Gasteiger partial charge in [0.2, 0.25) is 0 Å². The Morgan fingerprint density at radius 2 is 1.10 bits per heavy atom. The van der Waals surface area contributed by atoms with Crippen molar-refractivity contribution >= 4 is 0 Å². The van der Waals surface area contributed by atoms with Gasteiger partial charge in [-0.3, -0.25) is 0 Å². The summed E-state index contributed by atoms with van der Waals surface area (Å²) >= 11 is 0. The quantitative estimate of drug-likeness (QED) is 0.592. The first-order valence-corrected chi connectivity index (χ1v) is 6.23. The van der Waals surface area contributed by atoms with E-state index in [0.717, 1.165) is 11.1 Å². The maximum atomic E-state index is 8.47. The van der Waals surface area contributed by atoms with Crippen LogP contribution >= 0.6 is 0 Å². The summed E-state index contributed by atoms with van der Waals surface area (Å²) < 4.78 is 10.7. The molecule has 0 aliphatic carbocycles. The minimum absolute atomic E-state index is 0.138. The van der Waals surface area contributed by atoms with Crippen molar-refractivity contribution in [1.29, 1.82) is 0 Å². The predicted molar refractivity (Wildman–Crippen MR) is 75.5 cm³/mol. The van der Waals surface area contributed by atoms with Crippen molar-refractivity contribution < 1.29 is 19.7 Å². The highest BCUT2D eigenvalue weighted by Crippen LogP contribution is 2.06. The van der Waals surface area contributed by atoms with Gasteiger partial charge in [-0.2, -0.15) is 0 Å². The molecular weight excluding hydrogens is 256 g/mol. The average Bonchev–Trinajstić information content (AvgIpc) is 2.48. The van der Waals surface area contributed by atoms with Gasteiger partial charge in [0, 0.05) is 0 Å². The number of hydrogen-bond donors (Lipinski definition) is 2. The molecule has 0 aliphatic heterocycles. The second-order valence-electron chi connectivity index (χ2n) is 3.83. The summed E-state index contributed by atoms with van der Waals surface area (Å²) in [4.78, 5) is 0. The van der Waals surface area contributed by atoms with E-state index in [1.54, 1.807) is 0 Å². The molecule has 0 saturated heterocycles. The van der Waals surface area contributed by atoms with E-state index in [1.807, 2.05) is 24.3 Å². The molecule has 0 atom stereocenters. The third-order valence-electron chi connectivity index (χ3n) is 2.32. The molecule has 1 aromatic carbocycles. The smallest absolute Gasteiger partial charge is 0.108 e. The van der Waals surface area contributed by atoms with Gasteiger partial charge < -0.3 is 19.7 Å². The van der Waals surface area contributed by atoms with Crippen molar-refractivity contribution in [3.05, 3.63) is 35.4 Å². The van der Waals surface area contributed by atoms with Crippen molar-refractivity contribution in [1.82, 2.24) is 0 Å². The lowest BCUT2D eigenvalue weighted by Crippen LogP contribution is -1.96. The van der Waals surface area contributed by atoms with E-state index < -0.39 is 0 Å². The standard InChI is InChI=1S/C16H18O4/c17-9-1-3-11-19-13-15-5-7-16(8-6-15)14-20-12-4-2-10-18/h5-8,17-18H,9-14H2. The fourth-order valence-electron chi connectivity index (χ4n) is 1.39. The van der Waals surface area contributed by atoms with Gasteiger partial charge in [-0.1, -0.05) is 47.9 Å². The Balaban J connectivity index is 2.25. The van der Waals surface area contributed by atoms with Crippen LogP contribution in [0, 0.1) is 23.7 Å². The molecule has 4 nitrogen and oxygen atoms in total. The molecule has 0 amide bonds. The Labute approximate surface area is 119 Å². The molecule has 106 valence electrons. The molecule has 0 spiro atoms. The Morgan fingerprint density at radius 3 is 1.45 bits per heavy atom. The third-order valence-corrected chi connectivity index (χ3v) is 2.32. The van der Waals surface area contributed by atoms with E-state index in [4.69, 9.17) is 19.7 Å². The molecule has 2 N–H and O–H groups in total. The molecule has 0 fully saturated rings. The lowest BCUT2D eigenvalue weighted by atomic mass is 10.1. The van der Waals surface area contributed by atoms with Gasteiger partial charge in [-0.05, 0) is 11.1 Å². The van der Waals surface area contributed by atoms with Crippen LogP contribution in [0.3, 0.4) is 0 Å². The summed E-state index contributed by atoms with van der Waals surface area (Å²) in [5.41, 5.74) is 2.11. The second kappa shape index (κ2) is 11.0. The van der Waals surface area contributed by atoms with Crippen LogP contribution < -0.4 is 0 Å². The highest BCUT2D eigenvalue weighted by molar-refractivity contribution is 5.21. The van der Waals surface area contributed by atoms with Crippen LogP contribution in [0.15, 0.2) is 24.3 Å². The zero-order valence-electron chi connectivity index (χ0n) is 11.3. The van der Waals surface area contributed by atoms with Crippen molar-refractivity contribution in [2.75, 3.05) is 26.4 Å². The van der Waals surface area contributed by atoms with Gasteiger partial charge >= 0.3 is 0 Å². The first-order valence-electron chi connectivity index (χ1n) is 6.23. The summed E-state index contributed by atoms with van der Waals surface area (Å²) in [5.74, 6) is 10.4. The van der Waals surface area contributed by atoms with Gasteiger partial charge in [-0.15, -0.1) is 0 Å². The van der Waals surface area contributed by atoms with Crippen LogP contribution in [-0.2, 0) is 22.7 Å². The maximum Gasteiger partial charge on any atom is 0.108 e. The minimum Gasteiger partial charge on any atom is -0.384 e. The van der Waals surface area contributed by atoms with Gasteiger partial charge in [0.25, 0.3) is 0 Å². The van der Waals surface area contributed by atoms with Crippen molar-refractivity contribution in [2.45, 2.75) is 13.2 Å². The number of aliphatic hydroxyl groups excluding tert-OH is 2. The Bertz CT molecular complexity index is 438. The molecule has 0 bridgehead atoms. The van der Waals surface area contributed by atoms with Crippen molar-refractivity contribution in [2.24, 2.45) is 0 Å². The molecule has 4 heteroatoms. The largest absolute Gasteiger partial charge is 0.384 e. The molecule has 0 saturated carbocycles. The minimum atomic E-state index is -0.138. The first-order chi connectivity index (χ1) is 9.86. The zero-order chi connectivity index (χ0) is 14.5. The molecule has 0 radical (unpaired) electrons. The molecule has 1 rings (SSSR count). The highest BCUT2D eigenvalue weighted by atomic mass is 16.5. The van der Waals surface area contributed by atoms with Gasteiger partial charge in [-0.25, -0.2) is 0 Å². The van der Waals surface area contributed by atoms with Crippen LogP contribution in [0.4, 0.5) is 0 Å². The third kappa shape index (κ3) is 7.58. The Kier molecular flexibility index (Phi) is 8.97. The molecule has 1 aromatic rings. The van der Waals surface area contributed by atoms with E-state index >= 15 is 0 Å². The van der Waals surface area contributed by atoms with Crippen molar-refractivity contribution in [3.8, 4) is 23.7 Å². The summed E-state index contributed by atoms with van der Waals surface area (Å²) in [7, 11) is 0. The SMILES string of the molecule is OCC#CCOCc1ccc(COCC#CCO)cc1. The van der Waals surface area contributed by atoms with Crippen LogP contribution in [0.2, 0.25) is 0 Å². The summed E-state index contributed by atoms with van der Waals surface area (Å²) in [6.45, 7) is 1.33. The van der Waals surface area contributed by atoms with E-state index in [-0.39, 0.29) is 13.2 Å². The lowest BCUT2D eigenvalue weighted by Gasteiger charge is -2.04. The molecule has 0 aromatic heterocycles. The van der Waals surface area contributed by atoms with Crippen molar-refractivity contribution in [3.63, 3.8) is 0 Å². The number of rotatable bonds is 6. The van der Waals surface area contributed by atoms with Gasteiger partial charge in [0.1, 0.15) is 26.4 Å². The number of hydrogen-bond acceptors (Lipinski definition) is 4. The summed E-state index contributed by atoms with van der Waals surface area (Å²) in [6.07, 6.45) is 0. The normalized spacial score (nSPS) is 9.30. The molecular formula is C16H18O4. The Morgan fingerprint density at radius 1 is 0.700 bits per heavy atom. The fourth-order valence-corrected chi connectivity index (χ4v) is 1.39. The maximum absolute atomic E-state index is 8.47. The van der Waals surface area contributed by atoms with Crippen LogP contribution in [0.25, 0.3) is 0 Å². The number of aliphatic hydroxyl groups is 2. The highest BCUT2D eigenvalue weighted by Gasteiger charge is 1.95. The predicted octanol–water partition coefficient (Wildman–Crippen LogP) is 0.711. The molecule has 20 heavy (non-hydrogen) atoms. The number of benzene rings is 1. The van der Waals surface area contributed by atoms with E-state index in [1.165, 1.54) is 0 Å². The molecule has 0 aliphatic rings. The van der Waals surface area contributed by atoms with Crippen LogP contribution in [-0.4, -0.2) is 36.6 Å². The monoisotopic (exact) mass is 274 g/mol. The topological polar surface area (TPSA) is 58.9 Å². The van der Waals surface area contributed by atoms with Gasteiger partial charge in [0.05, 0.1) is 13.2 Å². The average molecular weight is 274 g/mol.